The zero-order valence-corrected chi connectivity index (χ0v) is 13.3. The number of hydrogen-bond donors (Lipinski definition) is 1. The van der Waals surface area contributed by atoms with Gasteiger partial charge in [-0.1, -0.05) is 11.6 Å². The number of anilines is 1. The van der Waals surface area contributed by atoms with Crippen molar-refractivity contribution in [3.63, 3.8) is 0 Å². The van der Waals surface area contributed by atoms with Gasteiger partial charge in [0.15, 0.2) is 0 Å². The Kier molecular flexibility index (Phi) is 4.50. The van der Waals surface area contributed by atoms with Crippen LogP contribution in [0.5, 0.6) is 0 Å². The van der Waals surface area contributed by atoms with Gasteiger partial charge < -0.3 is 10.2 Å². The third kappa shape index (κ3) is 3.29. The van der Waals surface area contributed by atoms with Gasteiger partial charge in [0.25, 0.3) is 0 Å². The molecule has 0 aliphatic carbocycles. The summed E-state index contributed by atoms with van der Waals surface area (Å²) in [7, 11) is 6.06. The van der Waals surface area contributed by atoms with E-state index in [0.717, 1.165) is 28.9 Å². The average Bonchev–Trinajstić information content (AvgIpc) is 2.84. The molecule has 0 atom stereocenters. The molecule has 0 aliphatic heterocycles. The predicted molar refractivity (Wildman–Crippen MR) is 82.1 cm³/mol. The molecule has 0 fully saturated rings. The van der Waals surface area contributed by atoms with Gasteiger partial charge in [0.1, 0.15) is 5.82 Å². The molecule has 0 unspecified atom stereocenters. The van der Waals surface area contributed by atoms with Crippen molar-refractivity contribution < 1.29 is 0 Å². The van der Waals surface area contributed by atoms with E-state index in [1.54, 1.807) is 11.3 Å². The smallest absolute Gasteiger partial charge is 0.130 e. The minimum atomic E-state index is 0.808. The summed E-state index contributed by atoms with van der Waals surface area (Å²) in [6.07, 6.45) is 0. The van der Waals surface area contributed by atoms with Crippen LogP contribution in [0.25, 0.3) is 0 Å². The summed E-state index contributed by atoms with van der Waals surface area (Å²) in [5.41, 5.74) is 2.32. The Morgan fingerprint density at radius 3 is 2.68 bits per heavy atom. The summed E-state index contributed by atoms with van der Waals surface area (Å²) in [6, 6.07) is 3.99. The Balaban J connectivity index is 2.03. The second-order valence-electron chi connectivity index (χ2n) is 4.71. The van der Waals surface area contributed by atoms with E-state index in [2.05, 4.69) is 21.4 Å². The quantitative estimate of drug-likeness (QED) is 0.921. The van der Waals surface area contributed by atoms with E-state index in [1.807, 2.05) is 38.8 Å². The van der Waals surface area contributed by atoms with Gasteiger partial charge >= 0.3 is 0 Å². The second-order valence-corrected chi connectivity index (χ2v) is 6.51. The van der Waals surface area contributed by atoms with Crippen molar-refractivity contribution in [2.75, 3.05) is 19.0 Å². The number of hydrogen-bond acceptors (Lipinski definition) is 4. The van der Waals surface area contributed by atoms with Crippen molar-refractivity contribution in [1.29, 1.82) is 0 Å². The molecule has 6 heteroatoms. The number of aromatic nitrogens is 2. The summed E-state index contributed by atoms with van der Waals surface area (Å²) in [6.45, 7) is 3.69. The second kappa shape index (κ2) is 5.94. The number of nitrogens with one attached hydrogen (secondary N) is 1. The summed E-state index contributed by atoms with van der Waals surface area (Å²) in [4.78, 5) is 3.34. The molecular formula is C13H19ClN4S. The van der Waals surface area contributed by atoms with Gasteiger partial charge in [-0.15, -0.1) is 11.3 Å². The van der Waals surface area contributed by atoms with Crippen LogP contribution in [0.1, 0.15) is 16.1 Å². The predicted octanol–water partition coefficient (Wildman–Crippen LogP) is 2.80. The lowest BCUT2D eigenvalue weighted by Crippen LogP contribution is -2.18. The zero-order valence-electron chi connectivity index (χ0n) is 11.7. The zero-order chi connectivity index (χ0) is 14.0. The molecule has 2 rings (SSSR count). The molecule has 104 valence electrons. The largest absolute Gasteiger partial charge is 0.363 e. The summed E-state index contributed by atoms with van der Waals surface area (Å²) >= 11 is 7.54. The number of thiophene rings is 1. The molecular weight excluding hydrogens is 280 g/mol. The van der Waals surface area contributed by atoms with Crippen molar-refractivity contribution in [2.24, 2.45) is 7.05 Å². The Labute approximate surface area is 123 Å². The lowest BCUT2D eigenvalue weighted by Gasteiger charge is -2.15. The van der Waals surface area contributed by atoms with Gasteiger partial charge in [0.05, 0.1) is 10.0 Å². The molecule has 2 aromatic heterocycles. The lowest BCUT2D eigenvalue weighted by atomic mass is 10.2. The molecule has 4 nitrogen and oxygen atoms in total. The van der Waals surface area contributed by atoms with Gasteiger partial charge in [-0.2, -0.15) is 5.10 Å². The fourth-order valence-corrected chi connectivity index (χ4v) is 3.27. The van der Waals surface area contributed by atoms with Crippen LogP contribution in [0, 0.1) is 6.92 Å². The number of rotatable bonds is 5. The van der Waals surface area contributed by atoms with Crippen molar-refractivity contribution >= 4 is 28.8 Å². The fourth-order valence-electron chi connectivity index (χ4n) is 2.21. The molecule has 0 saturated carbocycles. The van der Waals surface area contributed by atoms with E-state index in [0.29, 0.717) is 0 Å². The molecule has 0 spiro atoms. The molecule has 0 radical (unpaired) electrons. The Bertz CT molecular complexity index is 559. The highest BCUT2D eigenvalue weighted by Gasteiger charge is 2.14. The van der Waals surface area contributed by atoms with Crippen molar-refractivity contribution in [3.05, 3.63) is 32.6 Å². The first-order valence-corrected chi connectivity index (χ1v) is 7.33. The minimum Gasteiger partial charge on any atom is -0.363 e. The van der Waals surface area contributed by atoms with Crippen molar-refractivity contribution in [2.45, 2.75) is 20.0 Å². The number of halogens is 1. The van der Waals surface area contributed by atoms with E-state index in [4.69, 9.17) is 11.6 Å². The van der Waals surface area contributed by atoms with E-state index >= 15 is 0 Å². The highest BCUT2D eigenvalue weighted by molar-refractivity contribution is 7.16. The van der Waals surface area contributed by atoms with Crippen molar-refractivity contribution in [1.82, 2.24) is 15.1 Å². The van der Waals surface area contributed by atoms with Crippen LogP contribution in [0.15, 0.2) is 12.1 Å². The normalized spacial score (nSPS) is 11.0. The fraction of sp³-hybridized carbons (Fsp3) is 0.462. The highest BCUT2D eigenvalue weighted by atomic mass is 35.5. The van der Waals surface area contributed by atoms with E-state index in [-0.39, 0.29) is 0 Å². The number of aryl methyl sites for hydroxylation is 2. The maximum atomic E-state index is 5.92. The molecule has 0 bridgehead atoms. The van der Waals surface area contributed by atoms with E-state index < -0.39 is 0 Å². The average molecular weight is 299 g/mol. The Morgan fingerprint density at radius 2 is 2.11 bits per heavy atom. The van der Waals surface area contributed by atoms with Gasteiger partial charge in [0.2, 0.25) is 0 Å². The highest BCUT2D eigenvalue weighted by Crippen LogP contribution is 2.23. The maximum Gasteiger partial charge on any atom is 0.130 e. The first kappa shape index (κ1) is 14.4. The first-order valence-electron chi connectivity index (χ1n) is 6.13. The molecule has 2 heterocycles. The van der Waals surface area contributed by atoms with Crippen LogP contribution in [-0.4, -0.2) is 23.9 Å². The van der Waals surface area contributed by atoms with Gasteiger partial charge in [-0.05, 0) is 19.1 Å². The molecule has 2 aromatic rings. The van der Waals surface area contributed by atoms with Crippen LogP contribution in [0.4, 0.5) is 5.82 Å². The van der Waals surface area contributed by atoms with Gasteiger partial charge in [0, 0.05) is 44.7 Å². The molecule has 0 aromatic carbocycles. The summed E-state index contributed by atoms with van der Waals surface area (Å²) in [5.74, 6) is 1.15. The molecule has 0 aliphatic rings. The van der Waals surface area contributed by atoms with Gasteiger partial charge in [-0.3, -0.25) is 4.68 Å². The topological polar surface area (TPSA) is 33.1 Å². The first-order chi connectivity index (χ1) is 8.99. The minimum absolute atomic E-state index is 0.808. The van der Waals surface area contributed by atoms with Crippen LogP contribution >= 0.6 is 22.9 Å². The lowest BCUT2D eigenvalue weighted by molar-refractivity contribution is 0.695. The standard InChI is InChI=1S/C13H19ClN4S/c1-9-11(13(17(2)3)18(4)16-9)8-15-7-10-5-6-12(14)19-10/h5-6,15H,7-8H2,1-4H3. The van der Waals surface area contributed by atoms with Crippen LogP contribution in [-0.2, 0) is 20.1 Å². The van der Waals surface area contributed by atoms with E-state index in [1.165, 1.54) is 10.4 Å². The van der Waals surface area contributed by atoms with Gasteiger partial charge in [-0.25, -0.2) is 0 Å². The van der Waals surface area contributed by atoms with E-state index in [9.17, 15) is 0 Å². The Hall–Kier alpha value is -1.04. The van der Waals surface area contributed by atoms with Crippen molar-refractivity contribution in [3.8, 4) is 0 Å². The Morgan fingerprint density at radius 1 is 1.37 bits per heavy atom. The van der Waals surface area contributed by atoms with Crippen LogP contribution in [0.2, 0.25) is 4.34 Å². The van der Waals surface area contributed by atoms with Crippen LogP contribution in [0.3, 0.4) is 0 Å². The third-order valence-electron chi connectivity index (χ3n) is 2.97. The monoisotopic (exact) mass is 298 g/mol. The molecule has 0 saturated heterocycles. The van der Waals surface area contributed by atoms with Crippen LogP contribution < -0.4 is 10.2 Å². The summed E-state index contributed by atoms with van der Waals surface area (Å²) < 4.78 is 2.76. The molecule has 19 heavy (non-hydrogen) atoms. The summed E-state index contributed by atoms with van der Waals surface area (Å²) in [5, 5.41) is 7.93. The third-order valence-corrected chi connectivity index (χ3v) is 4.20. The molecule has 1 N–H and O–H groups in total. The number of nitrogens with zero attached hydrogens (tertiary/aromatic N) is 3. The maximum absolute atomic E-state index is 5.92. The SMILES string of the molecule is Cc1nn(C)c(N(C)C)c1CNCc1ccc(Cl)s1. The molecule has 0 amide bonds.